The molecular formula is C14H22. The lowest BCUT2D eigenvalue weighted by atomic mass is 9.99. The minimum atomic E-state index is 0.670. The van der Waals surface area contributed by atoms with Crippen LogP contribution in [-0.4, -0.2) is 0 Å². The van der Waals surface area contributed by atoms with E-state index in [1.54, 1.807) is 5.56 Å². The van der Waals surface area contributed by atoms with Crippen molar-refractivity contribution in [1.82, 2.24) is 0 Å². The van der Waals surface area contributed by atoms with Crippen molar-refractivity contribution >= 4 is 0 Å². The summed E-state index contributed by atoms with van der Waals surface area (Å²) >= 11 is 0. The van der Waals surface area contributed by atoms with Crippen molar-refractivity contribution in [2.24, 2.45) is 0 Å². The van der Waals surface area contributed by atoms with E-state index in [4.69, 9.17) is 0 Å². The van der Waals surface area contributed by atoms with Crippen molar-refractivity contribution in [2.45, 2.75) is 52.4 Å². The van der Waals surface area contributed by atoms with Gasteiger partial charge in [-0.3, -0.25) is 0 Å². The molecule has 1 aliphatic carbocycles. The van der Waals surface area contributed by atoms with Gasteiger partial charge in [0, 0.05) is 0 Å². The van der Waals surface area contributed by atoms with Gasteiger partial charge in [0.05, 0.1) is 0 Å². The third kappa shape index (κ3) is 2.87. The molecule has 1 aromatic carbocycles. The van der Waals surface area contributed by atoms with Crippen molar-refractivity contribution in [3.8, 4) is 0 Å². The Hall–Kier alpha value is -0.780. The van der Waals surface area contributed by atoms with Crippen molar-refractivity contribution in [2.75, 3.05) is 0 Å². The molecule has 78 valence electrons. The Kier molecular flexibility index (Phi) is 4.19. The van der Waals surface area contributed by atoms with Crippen LogP contribution in [0.1, 0.15) is 63.5 Å². The van der Waals surface area contributed by atoms with Crippen LogP contribution in [-0.2, 0) is 0 Å². The minimum absolute atomic E-state index is 0.670. The number of benzene rings is 1. The summed E-state index contributed by atoms with van der Waals surface area (Å²) in [6.07, 6.45) is 2.81. The van der Waals surface area contributed by atoms with E-state index in [0.29, 0.717) is 5.92 Å². The van der Waals surface area contributed by atoms with Crippen molar-refractivity contribution in [3.63, 3.8) is 0 Å². The molecule has 0 nitrogen and oxygen atoms in total. The second-order valence-corrected chi connectivity index (χ2v) is 4.10. The summed E-state index contributed by atoms with van der Waals surface area (Å²) in [6.45, 7) is 8.51. The summed E-state index contributed by atoms with van der Waals surface area (Å²) in [7, 11) is 0. The van der Waals surface area contributed by atoms with Crippen LogP contribution in [0.4, 0.5) is 0 Å². The van der Waals surface area contributed by atoms with Crippen LogP contribution in [0.15, 0.2) is 24.3 Å². The Morgan fingerprint density at radius 3 is 2.29 bits per heavy atom. The van der Waals surface area contributed by atoms with Crippen molar-refractivity contribution < 1.29 is 0 Å². The summed E-state index contributed by atoms with van der Waals surface area (Å²) in [5.74, 6) is 1.56. The molecule has 0 unspecified atom stereocenters. The van der Waals surface area contributed by atoms with Gasteiger partial charge in [0.15, 0.2) is 0 Å². The quantitative estimate of drug-likeness (QED) is 0.633. The summed E-state index contributed by atoms with van der Waals surface area (Å²) in [5.41, 5.74) is 3.04. The molecule has 0 aromatic heterocycles. The van der Waals surface area contributed by atoms with Crippen LogP contribution < -0.4 is 0 Å². The van der Waals surface area contributed by atoms with E-state index in [2.05, 4.69) is 38.1 Å². The van der Waals surface area contributed by atoms with Gasteiger partial charge in [0.1, 0.15) is 0 Å². The van der Waals surface area contributed by atoms with Gasteiger partial charge in [-0.15, -0.1) is 0 Å². The molecule has 0 amide bonds. The SMILES string of the molecule is CC.CC(C)c1cccc(C2CC2)c1. The van der Waals surface area contributed by atoms with Gasteiger partial charge in [0.2, 0.25) is 0 Å². The van der Waals surface area contributed by atoms with Crippen LogP contribution in [0.25, 0.3) is 0 Å². The van der Waals surface area contributed by atoms with E-state index >= 15 is 0 Å². The summed E-state index contributed by atoms with van der Waals surface area (Å²) in [4.78, 5) is 0. The molecule has 0 saturated heterocycles. The molecule has 0 radical (unpaired) electrons. The van der Waals surface area contributed by atoms with Crippen LogP contribution in [0.2, 0.25) is 0 Å². The monoisotopic (exact) mass is 190 g/mol. The Morgan fingerprint density at radius 1 is 1.14 bits per heavy atom. The molecule has 1 saturated carbocycles. The third-order valence-electron chi connectivity index (χ3n) is 2.63. The summed E-state index contributed by atoms with van der Waals surface area (Å²) in [6, 6.07) is 9.07. The lowest BCUT2D eigenvalue weighted by Crippen LogP contribution is -1.88. The van der Waals surface area contributed by atoms with Crippen LogP contribution >= 0.6 is 0 Å². The Balaban J connectivity index is 0.000000461. The molecule has 1 aromatic rings. The van der Waals surface area contributed by atoms with Crippen LogP contribution in [0, 0.1) is 0 Å². The average molecular weight is 190 g/mol. The summed E-state index contributed by atoms with van der Waals surface area (Å²) < 4.78 is 0. The average Bonchev–Trinajstić information content (AvgIpc) is 3.04. The molecule has 0 N–H and O–H groups in total. The van der Waals surface area contributed by atoms with Crippen molar-refractivity contribution in [3.05, 3.63) is 35.4 Å². The molecule has 2 rings (SSSR count). The van der Waals surface area contributed by atoms with Gasteiger partial charge in [-0.2, -0.15) is 0 Å². The molecule has 0 atom stereocenters. The van der Waals surface area contributed by atoms with E-state index in [0.717, 1.165) is 5.92 Å². The van der Waals surface area contributed by atoms with Gasteiger partial charge in [0.25, 0.3) is 0 Å². The molecule has 14 heavy (non-hydrogen) atoms. The highest BCUT2D eigenvalue weighted by Crippen LogP contribution is 2.40. The number of hydrogen-bond acceptors (Lipinski definition) is 0. The maximum atomic E-state index is 2.38. The van der Waals surface area contributed by atoms with Crippen molar-refractivity contribution in [1.29, 1.82) is 0 Å². The Labute approximate surface area is 88.4 Å². The van der Waals surface area contributed by atoms with E-state index in [1.807, 2.05) is 13.8 Å². The second kappa shape index (κ2) is 5.19. The zero-order valence-electron chi connectivity index (χ0n) is 9.88. The number of hydrogen-bond donors (Lipinski definition) is 0. The Morgan fingerprint density at radius 2 is 1.79 bits per heavy atom. The molecular weight excluding hydrogens is 168 g/mol. The molecule has 0 aliphatic heterocycles. The lowest BCUT2D eigenvalue weighted by Gasteiger charge is -2.06. The minimum Gasteiger partial charge on any atom is -0.0683 e. The van der Waals surface area contributed by atoms with Crippen LogP contribution in [0.3, 0.4) is 0 Å². The maximum absolute atomic E-state index is 2.38. The first-order valence-corrected chi connectivity index (χ1v) is 5.87. The van der Waals surface area contributed by atoms with Gasteiger partial charge < -0.3 is 0 Å². The van der Waals surface area contributed by atoms with E-state index in [-0.39, 0.29) is 0 Å². The van der Waals surface area contributed by atoms with Gasteiger partial charge in [-0.1, -0.05) is 52.0 Å². The zero-order valence-corrected chi connectivity index (χ0v) is 9.88. The first-order chi connectivity index (χ1) is 6.77. The van der Waals surface area contributed by atoms with Crippen LogP contribution in [0.5, 0.6) is 0 Å². The lowest BCUT2D eigenvalue weighted by molar-refractivity contribution is 0.862. The normalized spacial score (nSPS) is 14.9. The highest BCUT2D eigenvalue weighted by atomic mass is 14.3. The first-order valence-electron chi connectivity index (χ1n) is 5.87. The van der Waals surface area contributed by atoms with E-state index < -0.39 is 0 Å². The molecule has 0 bridgehead atoms. The fraction of sp³-hybridized carbons (Fsp3) is 0.571. The summed E-state index contributed by atoms with van der Waals surface area (Å²) in [5, 5.41) is 0. The molecule has 0 heterocycles. The topological polar surface area (TPSA) is 0 Å². The molecule has 1 aliphatic rings. The third-order valence-corrected chi connectivity index (χ3v) is 2.63. The van der Waals surface area contributed by atoms with E-state index in [9.17, 15) is 0 Å². The van der Waals surface area contributed by atoms with Gasteiger partial charge in [-0.05, 0) is 35.8 Å². The standard InChI is InChI=1S/C12H16.C2H6/c1-9(2)11-4-3-5-12(8-11)10-6-7-10;1-2/h3-5,8-10H,6-7H2,1-2H3;1-2H3. The first kappa shape index (κ1) is 11.3. The predicted octanol–water partition coefficient (Wildman–Crippen LogP) is 4.71. The highest BCUT2D eigenvalue weighted by molar-refractivity contribution is 5.30. The van der Waals surface area contributed by atoms with Gasteiger partial charge >= 0.3 is 0 Å². The van der Waals surface area contributed by atoms with Gasteiger partial charge in [-0.25, -0.2) is 0 Å². The molecule has 0 heteroatoms. The smallest absolute Gasteiger partial charge is 0.0161 e. The molecule has 1 fully saturated rings. The largest absolute Gasteiger partial charge is 0.0683 e. The highest BCUT2D eigenvalue weighted by Gasteiger charge is 2.23. The maximum Gasteiger partial charge on any atom is -0.0161 e. The fourth-order valence-electron chi connectivity index (χ4n) is 1.59. The molecule has 0 spiro atoms. The second-order valence-electron chi connectivity index (χ2n) is 4.10. The van der Waals surface area contributed by atoms with E-state index in [1.165, 1.54) is 18.4 Å². The predicted molar refractivity (Wildman–Crippen MR) is 63.9 cm³/mol. The number of rotatable bonds is 2. The zero-order chi connectivity index (χ0) is 10.6. The Bertz CT molecular complexity index is 252. The fourth-order valence-corrected chi connectivity index (χ4v) is 1.59.